The number of rotatable bonds is 4. The molecule has 0 saturated carbocycles. The predicted molar refractivity (Wildman–Crippen MR) is 94.9 cm³/mol. The fraction of sp³-hybridized carbons (Fsp3) is 0.588. The summed E-state index contributed by atoms with van der Waals surface area (Å²) < 4.78 is 0. The molecule has 0 aromatic heterocycles. The van der Waals surface area contributed by atoms with Crippen LogP contribution in [0.3, 0.4) is 0 Å². The summed E-state index contributed by atoms with van der Waals surface area (Å²) in [5.74, 6) is 0.849. The van der Waals surface area contributed by atoms with Gasteiger partial charge >= 0.3 is 0 Å². The summed E-state index contributed by atoms with van der Waals surface area (Å²) >= 11 is 5.39. The van der Waals surface area contributed by atoms with Crippen molar-refractivity contribution in [1.29, 1.82) is 0 Å². The topological polar surface area (TPSA) is 36.1 Å². The lowest BCUT2D eigenvalue weighted by molar-refractivity contribution is 0.304. The first-order chi connectivity index (χ1) is 10.1. The van der Waals surface area contributed by atoms with Gasteiger partial charge in [0.15, 0.2) is 5.11 Å². The van der Waals surface area contributed by atoms with Crippen molar-refractivity contribution in [3.8, 4) is 0 Å². The Morgan fingerprint density at radius 3 is 2.52 bits per heavy atom. The van der Waals surface area contributed by atoms with E-state index in [2.05, 4.69) is 54.9 Å². The quantitative estimate of drug-likeness (QED) is 0.746. The summed E-state index contributed by atoms with van der Waals surface area (Å²) in [5.41, 5.74) is 3.56. The van der Waals surface area contributed by atoms with Gasteiger partial charge in [0.1, 0.15) is 0 Å². The third-order valence-corrected chi connectivity index (χ3v) is 4.43. The number of benzene rings is 1. The van der Waals surface area contributed by atoms with Crippen molar-refractivity contribution in [2.45, 2.75) is 46.1 Å². The number of nitrogens with one attached hydrogen (secondary N) is 3. The van der Waals surface area contributed by atoms with E-state index in [-0.39, 0.29) is 0 Å². The van der Waals surface area contributed by atoms with Crippen molar-refractivity contribution in [2.24, 2.45) is 5.92 Å². The summed E-state index contributed by atoms with van der Waals surface area (Å²) in [4.78, 5) is 0. The van der Waals surface area contributed by atoms with E-state index in [1.54, 1.807) is 0 Å². The van der Waals surface area contributed by atoms with Crippen molar-refractivity contribution >= 4 is 23.0 Å². The molecule has 2 rings (SSSR count). The fourth-order valence-corrected chi connectivity index (χ4v) is 3.14. The molecule has 3 nitrogen and oxygen atoms in total. The minimum Gasteiger partial charge on any atom is -0.361 e. The SMILES string of the molecule is CC[C@@H]1CC[C@H](CNC(=S)Nc2cc(C)cc(C)c2)NC1. The van der Waals surface area contributed by atoms with E-state index in [1.165, 1.54) is 30.4 Å². The molecule has 116 valence electrons. The minimum absolute atomic E-state index is 0.534. The zero-order valence-electron chi connectivity index (χ0n) is 13.3. The molecule has 0 bridgehead atoms. The number of anilines is 1. The van der Waals surface area contributed by atoms with Crippen molar-refractivity contribution in [3.63, 3.8) is 0 Å². The number of aryl methyl sites for hydroxylation is 2. The number of thiocarbonyl (C=S) groups is 1. The van der Waals surface area contributed by atoms with Crippen LogP contribution in [0.4, 0.5) is 5.69 Å². The zero-order chi connectivity index (χ0) is 15.2. The van der Waals surface area contributed by atoms with E-state index in [4.69, 9.17) is 12.2 Å². The van der Waals surface area contributed by atoms with Crippen LogP contribution < -0.4 is 16.0 Å². The minimum atomic E-state index is 0.534. The van der Waals surface area contributed by atoms with Gasteiger partial charge in [-0.3, -0.25) is 0 Å². The van der Waals surface area contributed by atoms with E-state index in [1.807, 2.05) is 0 Å². The van der Waals surface area contributed by atoms with Crippen LogP contribution in [0.5, 0.6) is 0 Å². The second-order valence-corrected chi connectivity index (χ2v) is 6.58. The van der Waals surface area contributed by atoms with Gasteiger partial charge in [-0.2, -0.15) is 0 Å². The second-order valence-electron chi connectivity index (χ2n) is 6.17. The Bertz CT molecular complexity index is 459. The maximum absolute atomic E-state index is 5.39. The second kappa shape index (κ2) is 7.76. The molecule has 1 fully saturated rings. The highest BCUT2D eigenvalue weighted by Gasteiger charge is 2.18. The van der Waals surface area contributed by atoms with E-state index in [0.29, 0.717) is 11.2 Å². The molecule has 1 heterocycles. The fourth-order valence-electron chi connectivity index (χ4n) is 2.94. The first-order valence-electron chi connectivity index (χ1n) is 7.93. The molecule has 1 aromatic rings. The molecule has 2 atom stereocenters. The Morgan fingerprint density at radius 2 is 1.95 bits per heavy atom. The summed E-state index contributed by atoms with van der Waals surface area (Å²) in [6.45, 7) is 8.51. The Hall–Kier alpha value is -1.13. The summed E-state index contributed by atoms with van der Waals surface area (Å²) in [5, 5.41) is 10.9. The molecule has 0 radical (unpaired) electrons. The number of piperidine rings is 1. The molecule has 1 saturated heterocycles. The first kappa shape index (κ1) is 16.2. The van der Waals surface area contributed by atoms with Crippen LogP contribution in [0.2, 0.25) is 0 Å². The third kappa shape index (κ3) is 5.29. The number of hydrogen-bond donors (Lipinski definition) is 3. The van der Waals surface area contributed by atoms with Gasteiger partial charge in [0.05, 0.1) is 0 Å². The van der Waals surface area contributed by atoms with Crippen molar-refractivity contribution in [1.82, 2.24) is 10.6 Å². The van der Waals surface area contributed by atoms with Crippen LogP contribution in [-0.4, -0.2) is 24.2 Å². The zero-order valence-corrected chi connectivity index (χ0v) is 14.1. The number of hydrogen-bond acceptors (Lipinski definition) is 2. The largest absolute Gasteiger partial charge is 0.361 e. The van der Waals surface area contributed by atoms with Crippen LogP contribution in [0, 0.1) is 19.8 Å². The van der Waals surface area contributed by atoms with Crippen LogP contribution in [-0.2, 0) is 0 Å². The van der Waals surface area contributed by atoms with Gasteiger partial charge in [0.2, 0.25) is 0 Å². The molecule has 0 amide bonds. The summed E-state index contributed by atoms with van der Waals surface area (Å²) in [6.07, 6.45) is 3.84. The highest BCUT2D eigenvalue weighted by molar-refractivity contribution is 7.80. The first-order valence-corrected chi connectivity index (χ1v) is 8.34. The van der Waals surface area contributed by atoms with Gasteiger partial charge in [0, 0.05) is 18.3 Å². The predicted octanol–water partition coefficient (Wildman–Crippen LogP) is 3.37. The maximum atomic E-state index is 5.39. The molecular weight excluding hydrogens is 278 g/mol. The average Bonchev–Trinajstić information content (AvgIpc) is 2.44. The summed E-state index contributed by atoms with van der Waals surface area (Å²) in [6, 6.07) is 6.93. The highest BCUT2D eigenvalue weighted by atomic mass is 32.1. The van der Waals surface area contributed by atoms with Gasteiger partial charge in [-0.05, 0) is 74.6 Å². The Balaban J connectivity index is 1.75. The lowest BCUT2D eigenvalue weighted by atomic mass is 9.93. The summed E-state index contributed by atoms with van der Waals surface area (Å²) in [7, 11) is 0. The van der Waals surface area contributed by atoms with Crippen LogP contribution in [0.1, 0.15) is 37.3 Å². The van der Waals surface area contributed by atoms with Crippen LogP contribution in [0.15, 0.2) is 18.2 Å². The molecule has 0 spiro atoms. The molecule has 21 heavy (non-hydrogen) atoms. The molecule has 0 aliphatic carbocycles. The third-order valence-electron chi connectivity index (χ3n) is 4.18. The van der Waals surface area contributed by atoms with Gasteiger partial charge < -0.3 is 16.0 Å². The van der Waals surface area contributed by atoms with E-state index < -0.39 is 0 Å². The van der Waals surface area contributed by atoms with Gasteiger partial charge in [-0.25, -0.2) is 0 Å². The Kier molecular flexibility index (Phi) is 6.00. The molecule has 0 unspecified atom stereocenters. The monoisotopic (exact) mass is 305 g/mol. The van der Waals surface area contributed by atoms with E-state index >= 15 is 0 Å². The van der Waals surface area contributed by atoms with Gasteiger partial charge in [0.25, 0.3) is 0 Å². The van der Waals surface area contributed by atoms with Crippen LogP contribution >= 0.6 is 12.2 Å². The highest BCUT2D eigenvalue weighted by Crippen LogP contribution is 2.17. The molecule has 3 N–H and O–H groups in total. The average molecular weight is 305 g/mol. The maximum Gasteiger partial charge on any atom is 0.170 e. The standard InChI is InChI=1S/C17H27N3S/c1-4-14-5-6-15(18-10-14)11-19-17(21)20-16-8-12(2)7-13(3)9-16/h7-9,14-15,18H,4-6,10-11H2,1-3H3,(H2,19,20,21)/t14-,15-/m1/s1. The van der Waals surface area contributed by atoms with Crippen molar-refractivity contribution < 1.29 is 0 Å². The van der Waals surface area contributed by atoms with Crippen molar-refractivity contribution in [3.05, 3.63) is 29.3 Å². The van der Waals surface area contributed by atoms with Gasteiger partial charge in [-0.1, -0.05) is 19.4 Å². The molecule has 1 aromatic carbocycles. The smallest absolute Gasteiger partial charge is 0.170 e. The normalized spacial score (nSPS) is 21.9. The molecule has 4 heteroatoms. The van der Waals surface area contributed by atoms with E-state index in [9.17, 15) is 0 Å². The van der Waals surface area contributed by atoms with E-state index in [0.717, 1.165) is 24.7 Å². The molecule has 1 aliphatic heterocycles. The lowest BCUT2D eigenvalue weighted by Gasteiger charge is -2.29. The Labute approximate surface area is 133 Å². The van der Waals surface area contributed by atoms with Crippen molar-refractivity contribution in [2.75, 3.05) is 18.4 Å². The molecule has 1 aliphatic rings. The van der Waals surface area contributed by atoms with Gasteiger partial charge in [-0.15, -0.1) is 0 Å². The Morgan fingerprint density at radius 1 is 1.24 bits per heavy atom. The molecular formula is C17H27N3S. The van der Waals surface area contributed by atoms with Crippen LogP contribution in [0.25, 0.3) is 0 Å². The lowest BCUT2D eigenvalue weighted by Crippen LogP contribution is -2.46.